The fourth-order valence-corrected chi connectivity index (χ4v) is 2.30. The number of hydrogen-bond acceptors (Lipinski definition) is 1. The summed E-state index contributed by atoms with van der Waals surface area (Å²) in [5.41, 5.74) is 1.58. The average molecular weight is 237 g/mol. The van der Waals surface area contributed by atoms with Gasteiger partial charge in [-0.1, -0.05) is 37.3 Å². The molecule has 0 heterocycles. The van der Waals surface area contributed by atoms with Crippen molar-refractivity contribution in [3.63, 3.8) is 0 Å². The number of carbonyl (C=O) groups excluding carboxylic acids is 1. The third-order valence-electron chi connectivity index (χ3n) is 3.49. The van der Waals surface area contributed by atoms with E-state index in [2.05, 4.69) is 19.1 Å². The number of benzene rings is 1. The Kier molecular flexibility index (Phi) is 3.34. The van der Waals surface area contributed by atoms with Crippen LogP contribution in [0.3, 0.4) is 0 Å². The summed E-state index contributed by atoms with van der Waals surface area (Å²) in [5, 5.41) is -0.183. The molecule has 0 spiro atoms. The summed E-state index contributed by atoms with van der Waals surface area (Å²) in [6, 6.07) is 10.1. The topological polar surface area (TPSA) is 17.1 Å². The highest BCUT2D eigenvalue weighted by Gasteiger charge is 2.40. The Morgan fingerprint density at radius 1 is 1.38 bits per heavy atom. The average Bonchev–Trinajstić information content (AvgIpc) is 2.97. The Hall–Kier alpha value is -0.820. The van der Waals surface area contributed by atoms with Crippen molar-refractivity contribution in [2.24, 2.45) is 11.3 Å². The van der Waals surface area contributed by atoms with Crippen molar-refractivity contribution in [2.45, 2.75) is 32.6 Å². The van der Waals surface area contributed by atoms with Crippen LogP contribution in [-0.4, -0.2) is 5.24 Å². The van der Waals surface area contributed by atoms with Gasteiger partial charge < -0.3 is 0 Å². The van der Waals surface area contributed by atoms with E-state index >= 15 is 0 Å². The maximum Gasteiger partial charge on any atom is 0.225 e. The zero-order valence-electron chi connectivity index (χ0n) is 9.58. The summed E-state index contributed by atoms with van der Waals surface area (Å²) in [7, 11) is 0. The molecule has 0 amide bonds. The molecule has 1 nitrogen and oxygen atoms in total. The standard InChI is InChI=1S/C14H17ClO/c1-14(7-8-14)10-12(13(15)16)9-11-5-3-2-4-6-11/h2-6,12H,7-10H2,1H3. The summed E-state index contributed by atoms with van der Waals surface area (Å²) >= 11 is 5.69. The minimum Gasteiger partial charge on any atom is -0.281 e. The van der Waals surface area contributed by atoms with E-state index in [1.165, 1.54) is 18.4 Å². The molecule has 16 heavy (non-hydrogen) atoms. The molecule has 0 saturated heterocycles. The maximum absolute atomic E-state index is 11.4. The van der Waals surface area contributed by atoms with E-state index in [0.29, 0.717) is 5.41 Å². The van der Waals surface area contributed by atoms with Crippen LogP contribution in [0.4, 0.5) is 0 Å². The summed E-state index contributed by atoms with van der Waals surface area (Å²) in [4.78, 5) is 11.4. The number of carbonyl (C=O) groups is 1. The lowest BCUT2D eigenvalue weighted by molar-refractivity contribution is -0.115. The second-order valence-electron chi connectivity index (χ2n) is 5.21. The van der Waals surface area contributed by atoms with E-state index in [1.54, 1.807) is 0 Å². The molecule has 0 N–H and O–H groups in total. The molecule has 1 aromatic carbocycles. The first-order valence-corrected chi connectivity index (χ1v) is 6.20. The molecule has 0 bridgehead atoms. The van der Waals surface area contributed by atoms with Crippen LogP contribution in [-0.2, 0) is 11.2 Å². The zero-order chi connectivity index (χ0) is 11.6. The van der Waals surface area contributed by atoms with Crippen LogP contribution in [0.1, 0.15) is 31.7 Å². The van der Waals surface area contributed by atoms with Crippen LogP contribution in [0.25, 0.3) is 0 Å². The highest BCUT2D eigenvalue weighted by atomic mass is 35.5. The molecule has 0 radical (unpaired) electrons. The molecule has 1 aliphatic rings. The van der Waals surface area contributed by atoms with Gasteiger partial charge in [0.15, 0.2) is 0 Å². The van der Waals surface area contributed by atoms with E-state index in [4.69, 9.17) is 11.6 Å². The molecule has 0 aromatic heterocycles. The lowest BCUT2D eigenvalue weighted by Gasteiger charge is -2.16. The molecule has 1 aromatic rings. The summed E-state index contributed by atoms with van der Waals surface area (Å²) < 4.78 is 0. The lowest BCUT2D eigenvalue weighted by atomic mass is 9.89. The van der Waals surface area contributed by atoms with Crippen molar-refractivity contribution in [3.05, 3.63) is 35.9 Å². The van der Waals surface area contributed by atoms with Gasteiger partial charge in [0.2, 0.25) is 5.24 Å². The molecule has 1 atom stereocenters. The maximum atomic E-state index is 11.4. The van der Waals surface area contributed by atoms with Gasteiger partial charge in [-0.3, -0.25) is 4.79 Å². The second-order valence-corrected chi connectivity index (χ2v) is 5.58. The van der Waals surface area contributed by atoms with Gasteiger partial charge in [0.25, 0.3) is 0 Å². The van der Waals surface area contributed by atoms with Gasteiger partial charge in [0, 0.05) is 5.92 Å². The fourth-order valence-electron chi connectivity index (χ4n) is 2.14. The van der Waals surface area contributed by atoms with Gasteiger partial charge in [-0.2, -0.15) is 0 Å². The third kappa shape index (κ3) is 3.08. The first kappa shape index (κ1) is 11.7. The van der Waals surface area contributed by atoms with Gasteiger partial charge in [0.1, 0.15) is 0 Å². The van der Waals surface area contributed by atoms with Crippen LogP contribution in [0.5, 0.6) is 0 Å². The Labute approximate surface area is 102 Å². The van der Waals surface area contributed by atoms with E-state index in [1.807, 2.05) is 18.2 Å². The summed E-state index contributed by atoms with van der Waals surface area (Å²) in [6.45, 7) is 2.24. The van der Waals surface area contributed by atoms with Gasteiger partial charge in [0.05, 0.1) is 0 Å². The molecule has 1 aliphatic carbocycles. The molecule has 0 aliphatic heterocycles. The highest BCUT2D eigenvalue weighted by Crippen LogP contribution is 2.50. The first-order valence-electron chi connectivity index (χ1n) is 5.82. The predicted octanol–water partition coefficient (Wildman–Crippen LogP) is 3.80. The zero-order valence-corrected chi connectivity index (χ0v) is 10.3. The van der Waals surface area contributed by atoms with Crippen LogP contribution in [0, 0.1) is 11.3 Å². The van der Waals surface area contributed by atoms with Crippen molar-refractivity contribution in [1.29, 1.82) is 0 Å². The molecule has 1 saturated carbocycles. The number of hydrogen-bond donors (Lipinski definition) is 0. The Morgan fingerprint density at radius 3 is 2.50 bits per heavy atom. The minimum atomic E-state index is -0.183. The third-order valence-corrected chi connectivity index (χ3v) is 3.80. The quantitative estimate of drug-likeness (QED) is 0.711. The van der Waals surface area contributed by atoms with Crippen LogP contribution in [0.15, 0.2) is 30.3 Å². The lowest BCUT2D eigenvalue weighted by Crippen LogP contribution is -2.16. The van der Waals surface area contributed by atoms with Crippen molar-refractivity contribution >= 4 is 16.8 Å². The van der Waals surface area contributed by atoms with Crippen molar-refractivity contribution in [2.75, 3.05) is 0 Å². The molecule has 2 rings (SSSR count). The van der Waals surface area contributed by atoms with E-state index in [9.17, 15) is 4.79 Å². The highest BCUT2D eigenvalue weighted by molar-refractivity contribution is 6.64. The number of rotatable bonds is 5. The van der Waals surface area contributed by atoms with Crippen molar-refractivity contribution in [3.8, 4) is 0 Å². The van der Waals surface area contributed by atoms with Crippen LogP contribution < -0.4 is 0 Å². The van der Waals surface area contributed by atoms with Crippen molar-refractivity contribution in [1.82, 2.24) is 0 Å². The van der Waals surface area contributed by atoms with Gasteiger partial charge in [-0.15, -0.1) is 0 Å². The largest absolute Gasteiger partial charge is 0.281 e. The van der Waals surface area contributed by atoms with Crippen molar-refractivity contribution < 1.29 is 4.79 Å². The number of halogens is 1. The Bertz CT molecular complexity index is 368. The smallest absolute Gasteiger partial charge is 0.225 e. The Morgan fingerprint density at radius 2 is 2.00 bits per heavy atom. The second kappa shape index (κ2) is 4.58. The van der Waals surface area contributed by atoms with Gasteiger partial charge >= 0.3 is 0 Å². The molecule has 1 fully saturated rings. The fraction of sp³-hybridized carbons (Fsp3) is 0.500. The molecule has 86 valence electrons. The summed E-state index contributed by atoms with van der Waals surface area (Å²) in [5.74, 6) is -0.0171. The van der Waals surface area contributed by atoms with Gasteiger partial charge in [-0.05, 0) is 48.3 Å². The van der Waals surface area contributed by atoms with E-state index in [-0.39, 0.29) is 11.2 Å². The minimum absolute atomic E-state index is 0.0171. The SMILES string of the molecule is CC1(CC(Cc2ccccc2)C(=O)Cl)CC1. The Balaban J connectivity index is 2.00. The normalized spacial score (nSPS) is 19.1. The van der Waals surface area contributed by atoms with Crippen LogP contribution >= 0.6 is 11.6 Å². The first-order chi connectivity index (χ1) is 7.59. The summed E-state index contributed by atoms with van der Waals surface area (Å²) in [6.07, 6.45) is 4.19. The predicted molar refractivity (Wildman–Crippen MR) is 66.5 cm³/mol. The van der Waals surface area contributed by atoms with Gasteiger partial charge in [-0.25, -0.2) is 0 Å². The molecular formula is C14H17ClO. The van der Waals surface area contributed by atoms with E-state index < -0.39 is 0 Å². The molecule has 2 heteroatoms. The van der Waals surface area contributed by atoms with Crippen LogP contribution in [0.2, 0.25) is 0 Å². The monoisotopic (exact) mass is 236 g/mol. The van der Waals surface area contributed by atoms with E-state index in [0.717, 1.165) is 12.8 Å². The molecular weight excluding hydrogens is 220 g/mol. The molecule has 1 unspecified atom stereocenters.